The van der Waals surface area contributed by atoms with Crippen molar-refractivity contribution in [2.75, 3.05) is 31.5 Å². The number of nitrogens with zero attached hydrogens (tertiary/aromatic N) is 4. The normalized spacial score (nSPS) is 14.6. The van der Waals surface area contributed by atoms with Crippen molar-refractivity contribution in [1.82, 2.24) is 19.6 Å². The molecule has 0 unspecified atom stereocenters. The van der Waals surface area contributed by atoms with E-state index in [1.165, 1.54) is 5.56 Å². The molecule has 1 N–H and O–H groups in total. The predicted octanol–water partition coefficient (Wildman–Crippen LogP) is 5.37. The van der Waals surface area contributed by atoms with Crippen molar-refractivity contribution < 1.29 is 0 Å². The van der Waals surface area contributed by atoms with Crippen molar-refractivity contribution >= 4 is 46.2 Å². The molecule has 0 aliphatic carbocycles. The first kappa shape index (κ1) is 23.1. The summed E-state index contributed by atoms with van der Waals surface area (Å²) in [5.41, 5.74) is 5.37. The number of benzene rings is 2. The fraction of sp³-hybridized carbons (Fsp3) is 0.333. The summed E-state index contributed by atoms with van der Waals surface area (Å²) in [6.07, 6.45) is 0. The molecule has 8 heteroatoms. The Morgan fingerprint density at radius 3 is 2.41 bits per heavy atom. The van der Waals surface area contributed by atoms with Gasteiger partial charge < -0.3 is 10.2 Å². The van der Waals surface area contributed by atoms with Crippen LogP contribution in [0, 0.1) is 13.8 Å². The van der Waals surface area contributed by atoms with Crippen LogP contribution in [-0.2, 0) is 13.1 Å². The Kier molecular flexibility index (Phi) is 7.36. The molecule has 1 aliphatic rings. The van der Waals surface area contributed by atoms with Crippen LogP contribution < -0.4 is 5.32 Å². The minimum atomic E-state index is 0.665. The van der Waals surface area contributed by atoms with Crippen LogP contribution >= 0.6 is 35.4 Å². The summed E-state index contributed by atoms with van der Waals surface area (Å²) < 4.78 is 2.03. The molecule has 32 heavy (non-hydrogen) atoms. The molecule has 4 rings (SSSR count). The Hall–Kier alpha value is -2.12. The third kappa shape index (κ3) is 5.44. The molecule has 0 bridgehead atoms. The van der Waals surface area contributed by atoms with E-state index in [1.807, 2.05) is 29.8 Å². The lowest BCUT2D eigenvalue weighted by Gasteiger charge is -2.36. The molecule has 2 aromatic carbocycles. The summed E-state index contributed by atoms with van der Waals surface area (Å²) in [7, 11) is 0. The number of aromatic nitrogens is 2. The van der Waals surface area contributed by atoms with E-state index in [1.54, 1.807) is 6.07 Å². The zero-order chi connectivity index (χ0) is 22.7. The van der Waals surface area contributed by atoms with E-state index in [9.17, 15) is 0 Å². The van der Waals surface area contributed by atoms with E-state index in [0.29, 0.717) is 5.02 Å². The molecular weight excluding hydrogens is 461 g/mol. The maximum atomic E-state index is 6.34. The van der Waals surface area contributed by atoms with Gasteiger partial charge in [0.15, 0.2) is 5.11 Å². The summed E-state index contributed by atoms with van der Waals surface area (Å²) in [5.74, 6) is 0. The van der Waals surface area contributed by atoms with Gasteiger partial charge in [-0.3, -0.25) is 9.58 Å². The molecule has 3 aromatic rings. The van der Waals surface area contributed by atoms with Gasteiger partial charge in [-0.2, -0.15) is 5.10 Å². The third-order valence-corrected chi connectivity index (χ3v) is 6.80. The summed E-state index contributed by atoms with van der Waals surface area (Å²) in [6, 6.07) is 16.1. The molecule has 1 fully saturated rings. The Balaban J connectivity index is 1.34. The first-order chi connectivity index (χ1) is 15.4. The second-order valence-electron chi connectivity index (χ2n) is 8.12. The van der Waals surface area contributed by atoms with Gasteiger partial charge in [-0.25, -0.2) is 0 Å². The lowest BCUT2D eigenvalue weighted by atomic mass is 10.2. The van der Waals surface area contributed by atoms with E-state index in [2.05, 4.69) is 46.3 Å². The highest BCUT2D eigenvalue weighted by Crippen LogP contribution is 2.24. The second-order valence-corrected chi connectivity index (χ2v) is 9.35. The number of hydrogen-bond acceptors (Lipinski definition) is 3. The molecule has 5 nitrogen and oxygen atoms in total. The van der Waals surface area contributed by atoms with E-state index in [4.69, 9.17) is 40.5 Å². The maximum Gasteiger partial charge on any atom is 0.173 e. The second kappa shape index (κ2) is 10.2. The highest BCUT2D eigenvalue weighted by atomic mass is 35.5. The quantitative estimate of drug-likeness (QED) is 0.489. The van der Waals surface area contributed by atoms with Crippen molar-refractivity contribution in [3.05, 3.63) is 81.1 Å². The predicted molar refractivity (Wildman–Crippen MR) is 137 cm³/mol. The van der Waals surface area contributed by atoms with Gasteiger partial charge in [0.1, 0.15) is 0 Å². The summed E-state index contributed by atoms with van der Waals surface area (Å²) in [4.78, 5) is 4.62. The van der Waals surface area contributed by atoms with Crippen LogP contribution in [0.2, 0.25) is 10.0 Å². The lowest BCUT2D eigenvalue weighted by molar-refractivity contribution is 0.177. The van der Waals surface area contributed by atoms with Crippen LogP contribution in [0.4, 0.5) is 5.69 Å². The number of hydrogen-bond donors (Lipinski definition) is 1. The topological polar surface area (TPSA) is 36.3 Å². The SMILES string of the molecule is Cc1nn(Cc2ccccc2)c(C)c1NC(=S)N1CCN(Cc2ccc(Cl)cc2Cl)CC1. The number of thiocarbonyl (C=S) groups is 1. The zero-order valence-electron chi connectivity index (χ0n) is 18.3. The Labute approximate surface area is 204 Å². The Morgan fingerprint density at radius 2 is 1.72 bits per heavy atom. The van der Waals surface area contributed by atoms with Gasteiger partial charge in [-0.15, -0.1) is 0 Å². The standard InChI is InChI=1S/C24H27Cl2N5S/c1-17-23(18(2)31(28-17)15-19-6-4-3-5-7-19)27-24(32)30-12-10-29(11-13-30)16-20-8-9-21(25)14-22(20)26/h3-9,14H,10-13,15-16H2,1-2H3,(H,27,32). The van der Waals surface area contributed by atoms with Gasteiger partial charge in [-0.05, 0) is 49.3 Å². The van der Waals surface area contributed by atoms with Gasteiger partial charge in [0, 0.05) is 42.8 Å². The first-order valence-corrected chi connectivity index (χ1v) is 11.9. The van der Waals surface area contributed by atoms with Gasteiger partial charge in [0.2, 0.25) is 0 Å². The van der Waals surface area contributed by atoms with Gasteiger partial charge in [0.05, 0.1) is 23.6 Å². The summed E-state index contributed by atoms with van der Waals surface area (Å²) >= 11 is 18.1. The number of nitrogens with one attached hydrogen (secondary N) is 1. The Morgan fingerprint density at radius 1 is 1.00 bits per heavy atom. The fourth-order valence-corrected chi connectivity index (χ4v) is 4.73. The Bertz CT molecular complexity index is 1090. The molecule has 0 radical (unpaired) electrons. The zero-order valence-corrected chi connectivity index (χ0v) is 20.6. The fourth-order valence-electron chi connectivity index (χ4n) is 3.97. The van der Waals surface area contributed by atoms with Crippen LogP contribution in [0.15, 0.2) is 48.5 Å². The minimum absolute atomic E-state index is 0.665. The monoisotopic (exact) mass is 487 g/mol. The van der Waals surface area contributed by atoms with Crippen molar-refractivity contribution in [1.29, 1.82) is 0 Å². The molecule has 0 saturated carbocycles. The van der Waals surface area contributed by atoms with Crippen molar-refractivity contribution in [2.24, 2.45) is 0 Å². The summed E-state index contributed by atoms with van der Waals surface area (Å²) in [5, 5.41) is 10.3. The van der Waals surface area contributed by atoms with Gasteiger partial charge >= 0.3 is 0 Å². The highest BCUT2D eigenvalue weighted by Gasteiger charge is 2.21. The molecular formula is C24H27Cl2N5S. The maximum absolute atomic E-state index is 6.34. The largest absolute Gasteiger partial charge is 0.346 e. The minimum Gasteiger partial charge on any atom is -0.346 e. The van der Waals surface area contributed by atoms with Crippen molar-refractivity contribution in [3.8, 4) is 0 Å². The number of anilines is 1. The van der Waals surface area contributed by atoms with E-state index < -0.39 is 0 Å². The van der Waals surface area contributed by atoms with Crippen LogP contribution in [0.5, 0.6) is 0 Å². The molecule has 0 spiro atoms. The van der Waals surface area contributed by atoms with Crippen LogP contribution in [0.25, 0.3) is 0 Å². The number of halogens is 2. The van der Waals surface area contributed by atoms with E-state index in [0.717, 1.165) is 72.0 Å². The van der Waals surface area contributed by atoms with Crippen LogP contribution in [0.3, 0.4) is 0 Å². The molecule has 1 aliphatic heterocycles. The van der Waals surface area contributed by atoms with Crippen LogP contribution in [-0.4, -0.2) is 50.9 Å². The number of aryl methyl sites for hydroxylation is 1. The molecule has 1 saturated heterocycles. The first-order valence-electron chi connectivity index (χ1n) is 10.7. The molecule has 2 heterocycles. The van der Waals surface area contributed by atoms with E-state index >= 15 is 0 Å². The van der Waals surface area contributed by atoms with Crippen molar-refractivity contribution in [2.45, 2.75) is 26.9 Å². The van der Waals surface area contributed by atoms with Gasteiger partial charge in [0.25, 0.3) is 0 Å². The average molecular weight is 488 g/mol. The highest BCUT2D eigenvalue weighted by molar-refractivity contribution is 7.80. The molecule has 0 amide bonds. The smallest absolute Gasteiger partial charge is 0.173 e. The van der Waals surface area contributed by atoms with Crippen molar-refractivity contribution in [3.63, 3.8) is 0 Å². The molecule has 168 valence electrons. The van der Waals surface area contributed by atoms with Gasteiger partial charge in [-0.1, -0.05) is 59.6 Å². The number of piperazine rings is 1. The third-order valence-electron chi connectivity index (χ3n) is 5.86. The molecule has 1 aromatic heterocycles. The summed E-state index contributed by atoms with van der Waals surface area (Å²) in [6.45, 7) is 9.25. The number of rotatable bonds is 5. The average Bonchev–Trinajstić information content (AvgIpc) is 3.04. The van der Waals surface area contributed by atoms with E-state index in [-0.39, 0.29) is 0 Å². The molecule has 0 atom stereocenters. The van der Waals surface area contributed by atoms with Crippen LogP contribution in [0.1, 0.15) is 22.5 Å². The lowest BCUT2D eigenvalue weighted by Crippen LogP contribution is -2.49.